The van der Waals surface area contributed by atoms with Gasteiger partial charge < -0.3 is 10.2 Å². The minimum Gasteiger partial charge on any atom is -0.455 e. The van der Waals surface area contributed by atoms with Crippen molar-refractivity contribution >= 4 is 28.2 Å². The molecule has 5 aromatic rings. The van der Waals surface area contributed by atoms with Gasteiger partial charge in [0.1, 0.15) is 23.0 Å². The number of nitrogen functional groups attached to an aromatic ring is 1. The molecule has 0 aliphatic heterocycles. The molecule has 0 amide bonds. The molecule has 1 aromatic heterocycles. The van der Waals surface area contributed by atoms with Crippen molar-refractivity contribution in [2.45, 2.75) is 38.0 Å². The van der Waals surface area contributed by atoms with Crippen LogP contribution in [0.2, 0.25) is 0 Å². The third-order valence-electron chi connectivity index (χ3n) is 7.88. The van der Waals surface area contributed by atoms with E-state index < -0.39 is 11.6 Å². The summed E-state index contributed by atoms with van der Waals surface area (Å²) >= 11 is 0. The van der Waals surface area contributed by atoms with Gasteiger partial charge in [-0.2, -0.15) is 0 Å². The van der Waals surface area contributed by atoms with Crippen LogP contribution in [0.25, 0.3) is 33.4 Å². The molecular weight excluding hydrogens is 508 g/mol. The van der Waals surface area contributed by atoms with Crippen molar-refractivity contribution in [2.75, 3.05) is 5.73 Å². The van der Waals surface area contributed by atoms with Gasteiger partial charge in [0.05, 0.1) is 5.56 Å². The SMILES string of the molecule is CCC(=O)c1c(-c2ccc(F)cc2)oc2cc(N)c(-c3cc(C(=O)CC4(c5ccccc5)CC4)ccc3F)cc12. The lowest BCUT2D eigenvalue weighted by Gasteiger charge is -2.15. The Morgan fingerprint density at radius 1 is 0.875 bits per heavy atom. The van der Waals surface area contributed by atoms with Gasteiger partial charge in [-0.1, -0.05) is 37.3 Å². The van der Waals surface area contributed by atoms with Crippen molar-refractivity contribution in [1.82, 2.24) is 0 Å². The molecule has 6 heteroatoms. The second-order valence-corrected chi connectivity index (χ2v) is 10.5. The Labute approximate surface area is 230 Å². The van der Waals surface area contributed by atoms with Crippen LogP contribution in [-0.2, 0) is 5.41 Å². The predicted molar refractivity (Wildman–Crippen MR) is 152 cm³/mol. The number of carbonyl (C=O) groups excluding carboxylic acids is 2. The Balaban J connectivity index is 1.42. The Morgan fingerprint density at radius 3 is 2.27 bits per heavy atom. The molecule has 0 bridgehead atoms. The van der Waals surface area contributed by atoms with Gasteiger partial charge in [-0.25, -0.2) is 8.78 Å². The number of hydrogen-bond donors (Lipinski definition) is 1. The van der Waals surface area contributed by atoms with E-state index in [-0.39, 0.29) is 34.7 Å². The van der Waals surface area contributed by atoms with Crippen LogP contribution in [-0.4, -0.2) is 11.6 Å². The van der Waals surface area contributed by atoms with Gasteiger partial charge in [0, 0.05) is 57.7 Å². The van der Waals surface area contributed by atoms with Crippen molar-refractivity contribution in [2.24, 2.45) is 0 Å². The molecular formula is C34H27F2NO3. The Morgan fingerprint density at radius 2 is 1.60 bits per heavy atom. The highest BCUT2D eigenvalue weighted by Crippen LogP contribution is 2.51. The largest absolute Gasteiger partial charge is 0.455 e. The topological polar surface area (TPSA) is 73.3 Å². The van der Waals surface area contributed by atoms with Crippen LogP contribution in [0.3, 0.4) is 0 Å². The first kappa shape index (κ1) is 25.7. The molecule has 1 aliphatic carbocycles. The number of furan rings is 1. The number of benzene rings is 4. The number of rotatable bonds is 8. The molecule has 6 rings (SSSR count). The summed E-state index contributed by atoms with van der Waals surface area (Å²) < 4.78 is 34.9. The Kier molecular flexibility index (Phi) is 6.34. The van der Waals surface area contributed by atoms with Gasteiger partial charge in [0.2, 0.25) is 0 Å². The molecule has 1 fully saturated rings. The van der Waals surface area contributed by atoms with E-state index in [1.807, 2.05) is 30.3 Å². The van der Waals surface area contributed by atoms with Gasteiger partial charge in [0.25, 0.3) is 0 Å². The van der Waals surface area contributed by atoms with Crippen molar-refractivity contribution in [3.05, 3.63) is 113 Å². The maximum absolute atomic E-state index is 15.3. The molecule has 0 unspecified atom stereocenters. The first-order chi connectivity index (χ1) is 19.3. The monoisotopic (exact) mass is 535 g/mol. The van der Waals surface area contributed by atoms with E-state index >= 15 is 4.39 Å². The summed E-state index contributed by atoms with van der Waals surface area (Å²) in [7, 11) is 0. The third kappa shape index (κ3) is 4.49. The van der Waals surface area contributed by atoms with E-state index in [1.165, 1.54) is 24.3 Å². The highest BCUT2D eigenvalue weighted by atomic mass is 19.1. The van der Waals surface area contributed by atoms with E-state index in [1.54, 1.807) is 37.3 Å². The summed E-state index contributed by atoms with van der Waals surface area (Å²) in [5.41, 5.74) is 9.78. The first-order valence-corrected chi connectivity index (χ1v) is 13.3. The van der Waals surface area contributed by atoms with Crippen LogP contribution in [0.15, 0.2) is 89.3 Å². The molecule has 40 heavy (non-hydrogen) atoms. The lowest BCUT2D eigenvalue weighted by Crippen LogP contribution is -2.14. The number of carbonyl (C=O) groups is 2. The zero-order chi connectivity index (χ0) is 28.0. The first-order valence-electron chi connectivity index (χ1n) is 13.3. The average Bonchev–Trinajstić information content (AvgIpc) is 3.66. The van der Waals surface area contributed by atoms with E-state index in [0.717, 1.165) is 18.4 Å². The Bertz CT molecular complexity index is 1770. The van der Waals surface area contributed by atoms with Crippen molar-refractivity contribution < 1.29 is 22.8 Å². The number of hydrogen-bond acceptors (Lipinski definition) is 4. The van der Waals surface area contributed by atoms with Crippen LogP contribution < -0.4 is 5.73 Å². The zero-order valence-corrected chi connectivity index (χ0v) is 22.0. The standard InChI is InChI=1S/C34H27F2NO3/c1-2-29(38)32-26-17-25(28(37)18-31(26)40-33(32)20-8-11-23(35)12-9-20)24-16-21(10-13-27(24)36)30(39)19-34(14-15-34)22-6-4-3-5-7-22/h3-13,16-18H,2,14-15,19,37H2,1H3. The summed E-state index contributed by atoms with van der Waals surface area (Å²) in [5.74, 6) is -0.869. The molecule has 1 saturated carbocycles. The predicted octanol–water partition coefficient (Wildman–Crippen LogP) is 8.52. The molecule has 0 saturated heterocycles. The molecule has 1 aliphatic rings. The molecule has 200 valence electrons. The van der Waals surface area contributed by atoms with Crippen molar-refractivity contribution in [1.29, 1.82) is 0 Å². The van der Waals surface area contributed by atoms with E-state index in [4.69, 9.17) is 10.2 Å². The van der Waals surface area contributed by atoms with Crippen LogP contribution in [0.4, 0.5) is 14.5 Å². The lowest BCUT2D eigenvalue weighted by molar-refractivity contribution is 0.0967. The molecule has 4 aromatic carbocycles. The number of nitrogens with two attached hydrogens (primary N) is 1. The number of halogens is 2. The molecule has 0 radical (unpaired) electrons. The summed E-state index contributed by atoms with van der Waals surface area (Å²) in [6.45, 7) is 1.74. The fourth-order valence-corrected chi connectivity index (χ4v) is 5.47. The maximum Gasteiger partial charge on any atom is 0.167 e. The summed E-state index contributed by atoms with van der Waals surface area (Å²) in [5, 5.41) is 0.479. The van der Waals surface area contributed by atoms with Crippen LogP contribution in [0, 0.1) is 11.6 Å². The van der Waals surface area contributed by atoms with Crippen molar-refractivity contribution in [3.63, 3.8) is 0 Å². The smallest absolute Gasteiger partial charge is 0.167 e. The molecule has 0 atom stereocenters. The highest BCUT2D eigenvalue weighted by Gasteiger charge is 2.45. The summed E-state index contributed by atoms with van der Waals surface area (Å²) in [6.07, 6.45) is 2.43. The fourth-order valence-electron chi connectivity index (χ4n) is 5.47. The van der Waals surface area contributed by atoms with E-state index in [9.17, 15) is 14.0 Å². The molecule has 1 heterocycles. The zero-order valence-electron chi connectivity index (χ0n) is 22.0. The van der Waals surface area contributed by atoms with Crippen LogP contribution >= 0.6 is 0 Å². The number of ketones is 2. The van der Waals surface area contributed by atoms with Crippen LogP contribution in [0.1, 0.15) is 58.9 Å². The van der Waals surface area contributed by atoms with Crippen molar-refractivity contribution in [3.8, 4) is 22.5 Å². The number of anilines is 1. The third-order valence-corrected chi connectivity index (χ3v) is 7.88. The number of fused-ring (bicyclic) bond motifs is 1. The van der Waals surface area contributed by atoms with Gasteiger partial charge >= 0.3 is 0 Å². The maximum atomic E-state index is 15.3. The lowest BCUT2D eigenvalue weighted by atomic mass is 9.88. The van der Waals surface area contributed by atoms with Gasteiger partial charge in [-0.15, -0.1) is 0 Å². The number of Topliss-reactive ketones (excluding diaryl/α,β-unsaturated/α-hetero) is 2. The molecule has 4 nitrogen and oxygen atoms in total. The van der Waals surface area contributed by atoms with Gasteiger partial charge in [0.15, 0.2) is 11.6 Å². The highest BCUT2D eigenvalue weighted by molar-refractivity contribution is 6.13. The summed E-state index contributed by atoms with van der Waals surface area (Å²) in [6, 6.07) is 23.2. The fraction of sp³-hybridized carbons (Fsp3) is 0.176. The second-order valence-electron chi connectivity index (χ2n) is 10.5. The van der Waals surface area contributed by atoms with E-state index in [2.05, 4.69) is 0 Å². The summed E-state index contributed by atoms with van der Waals surface area (Å²) in [4.78, 5) is 26.5. The minimum atomic E-state index is -0.530. The minimum absolute atomic E-state index is 0.0639. The van der Waals surface area contributed by atoms with E-state index in [0.29, 0.717) is 45.4 Å². The average molecular weight is 536 g/mol. The molecule has 2 N–H and O–H groups in total. The second kappa shape index (κ2) is 9.87. The van der Waals surface area contributed by atoms with Gasteiger partial charge in [-0.05, 0) is 66.9 Å². The van der Waals surface area contributed by atoms with Gasteiger partial charge in [-0.3, -0.25) is 9.59 Å². The quantitative estimate of drug-likeness (QED) is 0.160. The van der Waals surface area contributed by atoms with Crippen LogP contribution in [0.5, 0.6) is 0 Å². The molecule has 0 spiro atoms. The normalized spacial score (nSPS) is 13.9. The Hall–Kier alpha value is -4.58.